The Kier molecular flexibility index (Phi) is 4.57. The highest BCUT2D eigenvalue weighted by Crippen LogP contribution is 2.22. The van der Waals surface area contributed by atoms with E-state index < -0.39 is 6.09 Å². The molecule has 1 saturated heterocycles. The van der Waals surface area contributed by atoms with Gasteiger partial charge in [0.15, 0.2) is 0 Å². The second-order valence-electron chi connectivity index (χ2n) is 5.38. The fraction of sp³-hybridized carbons (Fsp3) is 0.222. The van der Waals surface area contributed by atoms with Crippen molar-refractivity contribution in [1.82, 2.24) is 0 Å². The van der Waals surface area contributed by atoms with Crippen molar-refractivity contribution in [3.8, 4) is 5.75 Å². The number of nitrogens with zero attached hydrogens (tertiary/aromatic N) is 1. The molecular formula is C18H18N2O3. The first-order valence-corrected chi connectivity index (χ1v) is 7.67. The molecule has 0 spiro atoms. The van der Waals surface area contributed by atoms with Crippen molar-refractivity contribution < 1.29 is 14.3 Å². The van der Waals surface area contributed by atoms with Gasteiger partial charge in [0.25, 0.3) is 0 Å². The normalized spacial score (nSPS) is 14.4. The molecule has 0 aliphatic carbocycles. The van der Waals surface area contributed by atoms with Gasteiger partial charge in [-0.15, -0.1) is 0 Å². The van der Waals surface area contributed by atoms with E-state index in [0.717, 1.165) is 25.1 Å². The lowest BCUT2D eigenvalue weighted by Gasteiger charge is -2.26. The first-order valence-electron chi connectivity index (χ1n) is 7.67. The zero-order chi connectivity index (χ0) is 16.1. The highest BCUT2D eigenvalue weighted by molar-refractivity contribution is 5.94. The Morgan fingerprint density at radius 1 is 1.00 bits per heavy atom. The van der Waals surface area contributed by atoms with Crippen LogP contribution in [0.25, 0.3) is 0 Å². The summed E-state index contributed by atoms with van der Waals surface area (Å²) >= 11 is 0. The van der Waals surface area contributed by atoms with E-state index in [2.05, 4.69) is 5.32 Å². The minimum Gasteiger partial charge on any atom is -0.410 e. The van der Waals surface area contributed by atoms with Crippen molar-refractivity contribution in [1.29, 1.82) is 0 Å². The zero-order valence-electron chi connectivity index (χ0n) is 12.7. The van der Waals surface area contributed by atoms with Crippen LogP contribution in [0, 0.1) is 0 Å². The number of ether oxygens (including phenoxy) is 1. The van der Waals surface area contributed by atoms with Crippen LogP contribution in [-0.2, 0) is 4.79 Å². The standard InChI is InChI=1S/C18H18N2O3/c21-17-8-4-5-13-20(17)15-11-9-14(10-12-15)19-18(22)23-16-6-2-1-3-7-16/h1-3,6-7,9-12H,4-5,8,13H2,(H,19,22). The van der Waals surface area contributed by atoms with Gasteiger partial charge in [0.05, 0.1) is 0 Å². The first kappa shape index (κ1) is 15.1. The third-order valence-corrected chi connectivity index (χ3v) is 3.70. The maximum Gasteiger partial charge on any atom is 0.417 e. The predicted octanol–water partition coefficient (Wildman–Crippen LogP) is 3.81. The van der Waals surface area contributed by atoms with Crippen LogP contribution in [-0.4, -0.2) is 18.5 Å². The Hall–Kier alpha value is -2.82. The molecule has 1 aliphatic heterocycles. The van der Waals surface area contributed by atoms with Crippen LogP contribution < -0.4 is 15.0 Å². The molecule has 5 heteroatoms. The monoisotopic (exact) mass is 310 g/mol. The molecule has 0 atom stereocenters. The number of hydrogen-bond acceptors (Lipinski definition) is 3. The van der Waals surface area contributed by atoms with Gasteiger partial charge in [-0.2, -0.15) is 0 Å². The highest BCUT2D eigenvalue weighted by Gasteiger charge is 2.19. The smallest absolute Gasteiger partial charge is 0.410 e. The zero-order valence-corrected chi connectivity index (χ0v) is 12.7. The van der Waals surface area contributed by atoms with E-state index in [1.54, 1.807) is 41.3 Å². The molecule has 1 fully saturated rings. The summed E-state index contributed by atoms with van der Waals surface area (Å²) in [7, 11) is 0. The molecule has 1 heterocycles. The minimum atomic E-state index is -0.544. The number of anilines is 2. The lowest BCUT2D eigenvalue weighted by atomic mass is 10.1. The van der Waals surface area contributed by atoms with Crippen LogP contribution in [0.2, 0.25) is 0 Å². The Bertz CT molecular complexity index is 683. The molecule has 2 aromatic rings. The number of benzene rings is 2. The number of amides is 2. The molecule has 0 radical (unpaired) electrons. The summed E-state index contributed by atoms with van der Waals surface area (Å²) in [4.78, 5) is 25.5. The fourth-order valence-corrected chi connectivity index (χ4v) is 2.54. The lowest BCUT2D eigenvalue weighted by Crippen LogP contribution is -2.35. The second-order valence-corrected chi connectivity index (χ2v) is 5.38. The van der Waals surface area contributed by atoms with E-state index in [9.17, 15) is 9.59 Å². The summed E-state index contributed by atoms with van der Waals surface area (Å²) in [6.45, 7) is 0.752. The quantitative estimate of drug-likeness (QED) is 0.937. The van der Waals surface area contributed by atoms with Gasteiger partial charge < -0.3 is 9.64 Å². The van der Waals surface area contributed by atoms with Crippen LogP contribution in [0.4, 0.5) is 16.2 Å². The van der Waals surface area contributed by atoms with Gasteiger partial charge in [0, 0.05) is 24.3 Å². The molecule has 2 aromatic carbocycles. The SMILES string of the molecule is O=C(Nc1ccc(N2CCCCC2=O)cc1)Oc1ccccc1. The van der Waals surface area contributed by atoms with Gasteiger partial charge in [-0.3, -0.25) is 10.1 Å². The molecule has 0 unspecified atom stereocenters. The number of para-hydroxylation sites is 1. The largest absolute Gasteiger partial charge is 0.417 e. The number of piperidine rings is 1. The minimum absolute atomic E-state index is 0.153. The number of hydrogen-bond donors (Lipinski definition) is 1. The van der Waals surface area contributed by atoms with Crippen LogP contribution in [0.3, 0.4) is 0 Å². The molecule has 0 saturated carbocycles. The van der Waals surface area contributed by atoms with Gasteiger partial charge in [-0.25, -0.2) is 4.79 Å². The van der Waals surface area contributed by atoms with Gasteiger partial charge in [0.1, 0.15) is 5.75 Å². The van der Waals surface area contributed by atoms with Crippen molar-refractivity contribution in [2.75, 3.05) is 16.8 Å². The Morgan fingerprint density at radius 2 is 1.74 bits per heavy atom. The second kappa shape index (κ2) is 6.96. The Labute approximate surface area is 134 Å². The number of carbonyl (C=O) groups is 2. The molecule has 23 heavy (non-hydrogen) atoms. The van der Waals surface area contributed by atoms with Crippen molar-refractivity contribution in [3.05, 3.63) is 54.6 Å². The van der Waals surface area contributed by atoms with Crippen molar-refractivity contribution in [2.24, 2.45) is 0 Å². The molecule has 5 nitrogen and oxygen atoms in total. The van der Waals surface area contributed by atoms with Crippen LogP contribution >= 0.6 is 0 Å². The highest BCUT2D eigenvalue weighted by atomic mass is 16.6. The summed E-state index contributed by atoms with van der Waals surface area (Å²) in [5.74, 6) is 0.640. The maximum atomic E-state index is 11.9. The molecule has 118 valence electrons. The molecule has 2 amide bonds. The number of nitrogens with one attached hydrogen (secondary N) is 1. The summed E-state index contributed by atoms with van der Waals surface area (Å²) in [5.41, 5.74) is 1.48. The van der Waals surface area contributed by atoms with Crippen LogP contribution in [0.5, 0.6) is 5.75 Å². The molecule has 0 aromatic heterocycles. The third kappa shape index (κ3) is 3.88. The Balaban J connectivity index is 1.61. The van der Waals surface area contributed by atoms with Gasteiger partial charge in [-0.05, 0) is 49.2 Å². The summed E-state index contributed by atoms with van der Waals surface area (Å²) in [5, 5.41) is 2.67. The topological polar surface area (TPSA) is 58.6 Å². The summed E-state index contributed by atoms with van der Waals surface area (Å²) in [6.07, 6.45) is 2.04. The van der Waals surface area contributed by atoms with E-state index in [-0.39, 0.29) is 5.91 Å². The van der Waals surface area contributed by atoms with E-state index in [4.69, 9.17) is 4.74 Å². The first-order chi connectivity index (χ1) is 11.2. The number of rotatable bonds is 3. The summed E-state index contributed by atoms with van der Waals surface area (Å²) in [6, 6.07) is 16.1. The predicted molar refractivity (Wildman–Crippen MR) is 88.7 cm³/mol. The molecular weight excluding hydrogens is 292 g/mol. The molecule has 1 aliphatic rings. The van der Waals surface area contributed by atoms with Crippen LogP contribution in [0.15, 0.2) is 54.6 Å². The Morgan fingerprint density at radius 3 is 2.43 bits per heavy atom. The summed E-state index contributed by atoms with van der Waals surface area (Å²) < 4.78 is 5.17. The molecule has 0 bridgehead atoms. The third-order valence-electron chi connectivity index (χ3n) is 3.70. The van der Waals surface area contributed by atoms with Gasteiger partial charge >= 0.3 is 6.09 Å². The van der Waals surface area contributed by atoms with Gasteiger partial charge in [-0.1, -0.05) is 18.2 Å². The van der Waals surface area contributed by atoms with Crippen LogP contribution in [0.1, 0.15) is 19.3 Å². The number of carbonyl (C=O) groups excluding carboxylic acids is 2. The molecule has 3 rings (SSSR count). The van der Waals surface area contributed by atoms with E-state index in [0.29, 0.717) is 17.9 Å². The van der Waals surface area contributed by atoms with E-state index >= 15 is 0 Å². The van der Waals surface area contributed by atoms with E-state index in [1.165, 1.54) is 0 Å². The van der Waals surface area contributed by atoms with Gasteiger partial charge in [0.2, 0.25) is 5.91 Å². The average Bonchev–Trinajstić information content (AvgIpc) is 2.57. The average molecular weight is 310 g/mol. The maximum absolute atomic E-state index is 11.9. The van der Waals surface area contributed by atoms with Crippen molar-refractivity contribution in [2.45, 2.75) is 19.3 Å². The van der Waals surface area contributed by atoms with E-state index in [1.807, 2.05) is 18.2 Å². The fourth-order valence-electron chi connectivity index (χ4n) is 2.54. The van der Waals surface area contributed by atoms with Crippen molar-refractivity contribution >= 4 is 23.4 Å². The lowest BCUT2D eigenvalue weighted by molar-refractivity contribution is -0.119. The van der Waals surface area contributed by atoms with Crippen molar-refractivity contribution in [3.63, 3.8) is 0 Å². The molecule has 1 N–H and O–H groups in total.